The first-order valence-electron chi connectivity index (χ1n) is 11.7. The van der Waals surface area contributed by atoms with E-state index in [4.69, 9.17) is 4.74 Å². The lowest BCUT2D eigenvalue weighted by Gasteiger charge is -2.10. The van der Waals surface area contributed by atoms with Crippen molar-refractivity contribution in [2.75, 3.05) is 11.1 Å². The number of rotatable bonds is 8. The number of nitrogens with one attached hydrogen (secondary N) is 1. The number of aryl methyl sites for hydroxylation is 2. The second-order valence-corrected chi connectivity index (χ2v) is 9.31. The molecule has 2 aromatic heterocycles. The Hall–Kier alpha value is -4.11. The van der Waals surface area contributed by atoms with E-state index in [0.717, 1.165) is 17.7 Å². The zero-order chi connectivity index (χ0) is 25.1. The fourth-order valence-corrected chi connectivity index (χ4v) is 4.67. The van der Waals surface area contributed by atoms with E-state index in [-0.39, 0.29) is 17.2 Å². The van der Waals surface area contributed by atoms with Gasteiger partial charge in [-0.15, -0.1) is 10.2 Å². The molecule has 0 fully saturated rings. The van der Waals surface area contributed by atoms with E-state index < -0.39 is 0 Å². The van der Waals surface area contributed by atoms with E-state index in [1.54, 1.807) is 22.8 Å². The normalized spacial score (nSPS) is 11.2. The maximum absolute atomic E-state index is 13.0. The third-order valence-electron chi connectivity index (χ3n) is 5.65. The summed E-state index contributed by atoms with van der Waals surface area (Å²) < 4.78 is 9.33. The van der Waals surface area contributed by atoms with E-state index in [1.807, 2.05) is 72.8 Å². The Morgan fingerprint density at radius 1 is 0.972 bits per heavy atom. The number of carbonyl (C=O) groups is 1. The number of nitrogens with zero attached hydrogens (tertiary/aromatic N) is 4. The second-order valence-electron chi connectivity index (χ2n) is 8.37. The quantitative estimate of drug-likeness (QED) is 0.292. The summed E-state index contributed by atoms with van der Waals surface area (Å²) in [5, 5.41) is 12.6. The van der Waals surface area contributed by atoms with E-state index >= 15 is 0 Å². The van der Waals surface area contributed by atoms with Crippen molar-refractivity contribution in [1.82, 2.24) is 19.2 Å². The number of anilines is 1. The van der Waals surface area contributed by atoms with E-state index in [1.165, 1.54) is 17.3 Å². The second kappa shape index (κ2) is 10.2. The SMILES string of the molecule is CCCn1c(=O)c2ccccc2n2c(SCC(=O)Nc3ccc(Oc4ccc(C)cc4)cc3)nnc12. The van der Waals surface area contributed by atoms with Crippen LogP contribution in [0.25, 0.3) is 16.7 Å². The molecule has 0 saturated carbocycles. The zero-order valence-electron chi connectivity index (χ0n) is 20.0. The molecule has 0 saturated heterocycles. The highest BCUT2D eigenvalue weighted by Gasteiger charge is 2.17. The molecular weight excluding hydrogens is 474 g/mol. The summed E-state index contributed by atoms with van der Waals surface area (Å²) in [5.41, 5.74) is 2.48. The maximum atomic E-state index is 13.0. The van der Waals surface area contributed by atoms with Gasteiger partial charge in [0.25, 0.3) is 5.56 Å². The van der Waals surface area contributed by atoms with Crippen molar-refractivity contribution in [2.24, 2.45) is 0 Å². The largest absolute Gasteiger partial charge is 0.457 e. The van der Waals surface area contributed by atoms with Crippen LogP contribution in [0.15, 0.2) is 82.7 Å². The summed E-state index contributed by atoms with van der Waals surface area (Å²) in [6.07, 6.45) is 0.792. The first-order chi connectivity index (χ1) is 17.5. The highest BCUT2D eigenvalue weighted by Crippen LogP contribution is 2.25. The fourth-order valence-electron chi connectivity index (χ4n) is 3.93. The number of aromatic nitrogens is 4. The standard InChI is InChI=1S/C27H25N5O3S/c1-3-16-31-25(34)22-6-4-5-7-23(22)32-26(31)29-30-27(32)36-17-24(33)28-19-10-14-21(15-11-19)35-20-12-8-18(2)9-13-20/h4-15H,3,16-17H2,1-2H3,(H,28,33). The Kier molecular flexibility index (Phi) is 6.73. The Morgan fingerprint density at radius 2 is 1.67 bits per heavy atom. The zero-order valence-corrected chi connectivity index (χ0v) is 20.8. The van der Waals surface area contributed by atoms with Gasteiger partial charge in [0.2, 0.25) is 11.7 Å². The smallest absolute Gasteiger partial charge is 0.262 e. The van der Waals surface area contributed by atoms with Gasteiger partial charge in [0.15, 0.2) is 5.16 Å². The van der Waals surface area contributed by atoms with Crippen LogP contribution in [0.1, 0.15) is 18.9 Å². The average Bonchev–Trinajstić information content (AvgIpc) is 3.32. The van der Waals surface area contributed by atoms with Crippen LogP contribution in [0.5, 0.6) is 11.5 Å². The number of hydrogen-bond acceptors (Lipinski definition) is 6. The van der Waals surface area contributed by atoms with Crippen LogP contribution in [-0.2, 0) is 11.3 Å². The van der Waals surface area contributed by atoms with Crippen LogP contribution in [0.2, 0.25) is 0 Å². The molecule has 0 aliphatic carbocycles. The number of hydrogen-bond donors (Lipinski definition) is 1. The lowest BCUT2D eigenvalue weighted by atomic mass is 10.2. The summed E-state index contributed by atoms with van der Waals surface area (Å²) >= 11 is 1.27. The summed E-state index contributed by atoms with van der Waals surface area (Å²) in [7, 11) is 0. The van der Waals surface area contributed by atoms with Crippen molar-refractivity contribution in [3.8, 4) is 11.5 Å². The maximum Gasteiger partial charge on any atom is 0.262 e. The number of para-hydroxylation sites is 1. The number of carbonyl (C=O) groups excluding carboxylic acids is 1. The topological polar surface area (TPSA) is 90.5 Å². The summed E-state index contributed by atoms with van der Waals surface area (Å²) in [4.78, 5) is 25.6. The molecule has 0 aliphatic heterocycles. The summed E-state index contributed by atoms with van der Waals surface area (Å²) in [5.74, 6) is 1.89. The Morgan fingerprint density at radius 3 is 2.39 bits per heavy atom. The monoisotopic (exact) mass is 499 g/mol. The molecule has 8 nitrogen and oxygen atoms in total. The predicted molar refractivity (Wildman–Crippen MR) is 142 cm³/mol. The molecule has 0 atom stereocenters. The fraction of sp³-hybridized carbons (Fsp3) is 0.185. The molecule has 1 N–H and O–H groups in total. The lowest BCUT2D eigenvalue weighted by Crippen LogP contribution is -2.23. The molecule has 2 heterocycles. The molecule has 5 aromatic rings. The minimum absolute atomic E-state index is 0.0866. The van der Waals surface area contributed by atoms with Gasteiger partial charge in [-0.2, -0.15) is 0 Å². The van der Waals surface area contributed by atoms with Crippen LogP contribution in [0.3, 0.4) is 0 Å². The Balaban J connectivity index is 1.29. The summed E-state index contributed by atoms with van der Waals surface area (Å²) in [6.45, 7) is 4.58. The van der Waals surface area contributed by atoms with Crippen LogP contribution in [-0.4, -0.2) is 30.8 Å². The average molecular weight is 500 g/mol. The number of amides is 1. The molecule has 1 amide bonds. The van der Waals surface area contributed by atoms with Crippen molar-refractivity contribution in [2.45, 2.75) is 32.0 Å². The lowest BCUT2D eigenvalue weighted by molar-refractivity contribution is -0.113. The molecule has 0 radical (unpaired) electrons. The van der Waals surface area contributed by atoms with Gasteiger partial charge in [-0.05, 0) is 61.9 Å². The van der Waals surface area contributed by atoms with Crippen molar-refractivity contribution >= 4 is 40.0 Å². The summed E-state index contributed by atoms with van der Waals surface area (Å²) in [6, 6.07) is 22.4. The van der Waals surface area contributed by atoms with Crippen molar-refractivity contribution < 1.29 is 9.53 Å². The number of fused-ring (bicyclic) bond motifs is 3. The predicted octanol–water partition coefficient (Wildman–Crippen LogP) is 5.29. The van der Waals surface area contributed by atoms with Crippen molar-refractivity contribution in [3.05, 3.63) is 88.7 Å². The molecule has 0 unspecified atom stereocenters. The molecule has 0 bridgehead atoms. The van der Waals surface area contributed by atoms with Gasteiger partial charge in [-0.25, -0.2) is 0 Å². The number of ether oxygens (including phenoxy) is 1. The van der Waals surface area contributed by atoms with E-state index in [0.29, 0.717) is 34.3 Å². The molecule has 0 spiro atoms. The van der Waals surface area contributed by atoms with Crippen molar-refractivity contribution in [1.29, 1.82) is 0 Å². The Labute approximate surface area is 211 Å². The van der Waals surface area contributed by atoms with Gasteiger partial charge in [0, 0.05) is 12.2 Å². The van der Waals surface area contributed by atoms with Gasteiger partial charge in [0.1, 0.15) is 11.5 Å². The van der Waals surface area contributed by atoms with Crippen LogP contribution in [0.4, 0.5) is 5.69 Å². The molecular formula is C27H25N5O3S. The molecule has 9 heteroatoms. The first kappa shape index (κ1) is 23.6. The first-order valence-corrected chi connectivity index (χ1v) is 12.7. The van der Waals surface area contributed by atoms with Crippen LogP contribution in [0, 0.1) is 6.92 Å². The van der Waals surface area contributed by atoms with Gasteiger partial charge in [-0.1, -0.05) is 48.5 Å². The Bertz CT molecular complexity index is 1590. The third kappa shape index (κ3) is 4.83. The highest BCUT2D eigenvalue weighted by atomic mass is 32.2. The van der Waals surface area contributed by atoms with E-state index in [2.05, 4.69) is 15.5 Å². The van der Waals surface area contributed by atoms with Crippen molar-refractivity contribution in [3.63, 3.8) is 0 Å². The van der Waals surface area contributed by atoms with Crippen LogP contribution < -0.4 is 15.6 Å². The number of benzene rings is 3. The third-order valence-corrected chi connectivity index (χ3v) is 6.58. The van der Waals surface area contributed by atoms with Gasteiger partial charge >= 0.3 is 0 Å². The highest BCUT2D eigenvalue weighted by molar-refractivity contribution is 7.99. The molecule has 5 rings (SSSR count). The van der Waals surface area contributed by atoms with Gasteiger partial charge in [-0.3, -0.25) is 18.6 Å². The van der Waals surface area contributed by atoms with Gasteiger partial charge < -0.3 is 10.1 Å². The number of thioether (sulfide) groups is 1. The molecule has 3 aromatic carbocycles. The minimum Gasteiger partial charge on any atom is -0.457 e. The molecule has 36 heavy (non-hydrogen) atoms. The minimum atomic E-state index is -0.171. The molecule has 182 valence electrons. The van der Waals surface area contributed by atoms with Gasteiger partial charge in [0.05, 0.1) is 16.7 Å². The van der Waals surface area contributed by atoms with Crippen LogP contribution >= 0.6 is 11.8 Å². The molecule has 0 aliphatic rings. The van der Waals surface area contributed by atoms with E-state index in [9.17, 15) is 9.59 Å².